The third-order valence-electron chi connectivity index (χ3n) is 1.92. The molecule has 0 aliphatic carbocycles. The Morgan fingerprint density at radius 1 is 1.14 bits per heavy atom. The molecule has 0 bridgehead atoms. The summed E-state index contributed by atoms with van der Waals surface area (Å²) >= 11 is 2.25. The summed E-state index contributed by atoms with van der Waals surface area (Å²) in [6, 6.07) is 8.09. The van der Waals surface area contributed by atoms with Crippen LogP contribution in [0, 0.1) is 10.5 Å². The summed E-state index contributed by atoms with van der Waals surface area (Å²) in [7, 11) is 0. The van der Waals surface area contributed by atoms with Crippen LogP contribution in [0.15, 0.2) is 36.7 Å². The first-order chi connectivity index (χ1) is 6.75. The quantitative estimate of drug-likeness (QED) is 0.756. The highest BCUT2D eigenvalue weighted by atomic mass is 127. The first kappa shape index (κ1) is 9.58. The minimum atomic E-state index is 0.996. The van der Waals surface area contributed by atoms with Crippen molar-refractivity contribution in [3.05, 3.63) is 45.9 Å². The van der Waals surface area contributed by atoms with Crippen LogP contribution in [0.3, 0.4) is 0 Å². The van der Waals surface area contributed by atoms with Crippen LogP contribution < -0.4 is 0 Å². The predicted octanol–water partition coefficient (Wildman–Crippen LogP) is 3.06. The number of hydrogen-bond donors (Lipinski definition) is 0. The van der Waals surface area contributed by atoms with E-state index in [-0.39, 0.29) is 0 Å². The van der Waals surface area contributed by atoms with Crippen LogP contribution in [-0.2, 0) is 0 Å². The smallest absolute Gasteiger partial charge is 0.0703 e. The second-order valence-electron chi connectivity index (χ2n) is 3.05. The molecule has 0 amide bonds. The van der Waals surface area contributed by atoms with Crippen molar-refractivity contribution >= 4 is 22.6 Å². The van der Waals surface area contributed by atoms with E-state index in [2.05, 4.69) is 38.6 Å². The van der Waals surface area contributed by atoms with Gasteiger partial charge in [-0.25, -0.2) is 0 Å². The maximum atomic E-state index is 4.35. The van der Waals surface area contributed by atoms with Crippen LogP contribution in [-0.4, -0.2) is 9.97 Å². The highest BCUT2D eigenvalue weighted by Gasteiger charge is 1.98. The lowest BCUT2D eigenvalue weighted by Crippen LogP contribution is -1.86. The van der Waals surface area contributed by atoms with Gasteiger partial charge >= 0.3 is 0 Å². The number of hydrogen-bond acceptors (Lipinski definition) is 2. The van der Waals surface area contributed by atoms with Crippen molar-refractivity contribution in [2.24, 2.45) is 0 Å². The van der Waals surface area contributed by atoms with E-state index in [0.29, 0.717) is 0 Å². The maximum Gasteiger partial charge on any atom is 0.0703 e. The Bertz CT molecular complexity index is 437. The zero-order chi connectivity index (χ0) is 9.97. The molecule has 0 spiro atoms. The first-order valence-electron chi connectivity index (χ1n) is 4.30. The molecule has 0 fully saturated rings. The topological polar surface area (TPSA) is 25.8 Å². The van der Waals surface area contributed by atoms with Crippen LogP contribution in [0.4, 0.5) is 0 Å². The molecule has 2 heterocycles. The lowest BCUT2D eigenvalue weighted by molar-refractivity contribution is 1.19. The molecule has 0 aliphatic heterocycles. The van der Waals surface area contributed by atoms with Gasteiger partial charge < -0.3 is 0 Å². The molecule has 14 heavy (non-hydrogen) atoms. The van der Waals surface area contributed by atoms with Crippen molar-refractivity contribution in [1.29, 1.82) is 0 Å². The fraction of sp³-hybridized carbons (Fsp3) is 0.0909. The Hall–Kier alpha value is -0.970. The fourth-order valence-corrected chi connectivity index (χ4v) is 1.57. The number of nitrogens with zero attached hydrogens (tertiary/aromatic N) is 2. The highest BCUT2D eigenvalue weighted by molar-refractivity contribution is 14.1. The molecule has 0 aliphatic rings. The second-order valence-corrected chi connectivity index (χ2v) is 4.29. The van der Waals surface area contributed by atoms with Crippen molar-refractivity contribution in [3.8, 4) is 11.3 Å². The van der Waals surface area contributed by atoms with Gasteiger partial charge in [-0.05, 0) is 53.8 Å². The zero-order valence-electron chi connectivity index (χ0n) is 7.74. The average Bonchev–Trinajstić information content (AvgIpc) is 2.19. The van der Waals surface area contributed by atoms with Gasteiger partial charge in [0.25, 0.3) is 0 Å². The molecule has 2 aromatic rings. The third kappa shape index (κ3) is 2.09. The van der Waals surface area contributed by atoms with Gasteiger partial charge in [0.15, 0.2) is 0 Å². The molecule has 2 aromatic heterocycles. The summed E-state index contributed by atoms with van der Waals surface area (Å²) in [6.45, 7) is 1.98. The zero-order valence-corrected chi connectivity index (χ0v) is 9.89. The van der Waals surface area contributed by atoms with Crippen LogP contribution in [0.25, 0.3) is 11.3 Å². The summed E-state index contributed by atoms with van der Waals surface area (Å²) in [6.07, 6.45) is 3.68. The Kier molecular flexibility index (Phi) is 2.77. The van der Waals surface area contributed by atoms with E-state index >= 15 is 0 Å². The minimum absolute atomic E-state index is 0.996. The second kappa shape index (κ2) is 4.04. The molecule has 0 atom stereocenters. The lowest BCUT2D eigenvalue weighted by atomic mass is 10.1. The van der Waals surface area contributed by atoms with Crippen LogP contribution in [0.2, 0.25) is 0 Å². The van der Waals surface area contributed by atoms with Gasteiger partial charge in [-0.2, -0.15) is 0 Å². The van der Waals surface area contributed by atoms with Gasteiger partial charge in [-0.15, -0.1) is 0 Å². The van der Waals surface area contributed by atoms with E-state index in [1.807, 2.05) is 37.5 Å². The third-order valence-corrected chi connectivity index (χ3v) is 2.56. The molecule has 0 N–H and O–H groups in total. The van der Waals surface area contributed by atoms with E-state index in [1.165, 1.54) is 0 Å². The summed E-state index contributed by atoms with van der Waals surface area (Å²) in [5, 5.41) is 0. The van der Waals surface area contributed by atoms with Gasteiger partial charge in [0, 0.05) is 27.2 Å². The number of aryl methyl sites for hydroxylation is 1. The Labute approximate surface area is 96.6 Å². The first-order valence-corrected chi connectivity index (χ1v) is 5.38. The summed E-state index contributed by atoms with van der Waals surface area (Å²) in [5.41, 5.74) is 3.13. The van der Waals surface area contributed by atoms with E-state index in [9.17, 15) is 0 Å². The van der Waals surface area contributed by atoms with Crippen molar-refractivity contribution in [1.82, 2.24) is 9.97 Å². The molecule has 3 heteroatoms. The number of aromatic nitrogens is 2. The van der Waals surface area contributed by atoms with E-state index in [0.717, 1.165) is 20.5 Å². The largest absolute Gasteiger partial charge is 0.262 e. The van der Waals surface area contributed by atoms with Gasteiger partial charge in [0.2, 0.25) is 0 Å². The molecular formula is C11H9IN2. The Morgan fingerprint density at radius 2 is 2.00 bits per heavy atom. The van der Waals surface area contributed by atoms with E-state index < -0.39 is 0 Å². The SMILES string of the molecule is Cc1cc(-c2ccc(I)cn2)ccn1. The molecule has 0 aromatic carbocycles. The number of pyridine rings is 2. The maximum absolute atomic E-state index is 4.35. The van der Waals surface area contributed by atoms with Crippen molar-refractivity contribution in [2.45, 2.75) is 6.92 Å². The number of rotatable bonds is 1. The molecule has 0 saturated carbocycles. The van der Waals surface area contributed by atoms with Gasteiger partial charge in [0.1, 0.15) is 0 Å². The monoisotopic (exact) mass is 296 g/mol. The Morgan fingerprint density at radius 3 is 2.64 bits per heavy atom. The van der Waals surface area contributed by atoms with E-state index in [4.69, 9.17) is 0 Å². The van der Waals surface area contributed by atoms with Crippen LogP contribution in [0.5, 0.6) is 0 Å². The molecule has 0 saturated heterocycles. The minimum Gasteiger partial charge on any atom is -0.262 e. The highest BCUT2D eigenvalue weighted by Crippen LogP contribution is 2.17. The average molecular weight is 296 g/mol. The van der Waals surface area contributed by atoms with Crippen LogP contribution >= 0.6 is 22.6 Å². The van der Waals surface area contributed by atoms with Crippen LogP contribution in [0.1, 0.15) is 5.69 Å². The molecule has 0 radical (unpaired) electrons. The van der Waals surface area contributed by atoms with Gasteiger partial charge in [-0.3, -0.25) is 9.97 Å². The molecule has 0 unspecified atom stereocenters. The Balaban J connectivity index is 2.44. The summed E-state index contributed by atoms with van der Waals surface area (Å²) in [5.74, 6) is 0. The molecule has 70 valence electrons. The number of halogens is 1. The molecule has 2 nitrogen and oxygen atoms in total. The van der Waals surface area contributed by atoms with Crippen molar-refractivity contribution in [3.63, 3.8) is 0 Å². The van der Waals surface area contributed by atoms with Gasteiger partial charge in [-0.1, -0.05) is 0 Å². The van der Waals surface area contributed by atoms with Gasteiger partial charge in [0.05, 0.1) is 5.69 Å². The van der Waals surface area contributed by atoms with Crippen molar-refractivity contribution in [2.75, 3.05) is 0 Å². The standard InChI is InChI=1S/C11H9IN2/c1-8-6-9(4-5-13-8)11-3-2-10(12)7-14-11/h2-7H,1H3. The molecule has 2 rings (SSSR count). The normalized spacial score (nSPS) is 10.1. The summed E-state index contributed by atoms with van der Waals surface area (Å²) in [4.78, 5) is 8.51. The predicted molar refractivity (Wildman–Crippen MR) is 64.9 cm³/mol. The summed E-state index contributed by atoms with van der Waals surface area (Å²) < 4.78 is 1.15. The van der Waals surface area contributed by atoms with Crippen molar-refractivity contribution < 1.29 is 0 Å². The fourth-order valence-electron chi connectivity index (χ4n) is 1.25. The van der Waals surface area contributed by atoms with E-state index in [1.54, 1.807) is 0 Å². The lowest BCUT2D eigenvalue weighted by Gasteiger charge is -2.00. The molecular weight excluding hydrogens is 287 g/mol.